The number of hydrogen-bond donors (Lipinski definition) is 1. The SMILES string of the molecule is O=C(NCCCl)c1ccc(-c2nc(C(Cl)(Cl)Cl)nc(C(Cl)(Cl)Cl)n2)cc1Cl. The van der Waals surface area contributed by atoms with Crippen LogP contribution in [-0.4, -0.2) is 33.3 Å². The summed E-state index contributed by atoms with van der Waals surface area (Å²) in [5.41, 5.74) is 0.630. The molecular formula is C14H8Cl8N4O. The van der Waals surface area contributed by atoms with Crippen LogP contribution < -0.4 is 5.32 Å². The third-order valence-corrected chi connectivity index (χ3v) is 4.51. The smallest absolute Gasteiger partial charge is 0.252 e. The van der Waals surface area contributed by atoms with E-state index in [2.05, 4.69) is 20.3 Å². The van der Waals surface area contributed by atoms with Crippen molar-refractivity contribution in [2.45, 2.75) is 7.59 Å². The second kappa shape index (κ2) is 9.23. The number of halogens is 8. The van der Waals surface area contributed by atoms with Crippen LogP contribution in [0.2, 0.25) is 5.02 Å². The van der Waals surface area contributed by atoms with Gasteiger partial charge in [-0.3, -0.25) is 4.79 Å². The molecule has 0 atom stereocenters. The fourth-order valence-corrected chi connectivity index (χ4v) is 2.72. The molecular weight excluding hydrogens is 524 g/mol. The number of carbonyl (C=O) groups excluding carboxylic acids is 1. The van der Waals surface area contributed by atoms with E-state index in [1.54, 1.807) is 6.07 Å². The van der Waals surface area contributed by atoms with Crippen LogP contribution in [0.5, 0.6) is 0 Å². The first-order valence-corrected chi connectivity index (χ1v) is 10.2. The lowest BCUT2D eigenvalue weighted by Crippen LogP contribution is -2.25. The van der Waals surface area contributed by atoms with E-state index in [0.29, 0.717) is 12.1 Å². The number of alkyl halides is 7. The van der Waals surface area contributed by atoms with Crippen molar-refractivity contribution in [3.63, 3.8) is 0 Å². The lowest BCUT2D eigenvalue weighted by Gasteiger charge is -2.16. The maximum atomic E-state index is 12.0. The molecule has 13 heteroatoms. The largest absolute Gasteiger partial charge is 0.351 e. The minimum Gasteiger partial charge on any atom is -0.351 e. The topological polar surface area (TPSA) is 67.8 Å². The minimum atomic E-state index is -1.98. The summed E-state index contributed by atoms with van der Waals surface area (Å²) in [5, 5.41) is 2.75. The molecule has 1 amide bonds. The van der Waals surface area contributed by atoms with Gasteiger partial charge in [0, 0.05) is 18.0 Å². The molecule has 0 spiro atoms. The molecule has 0 bridgehead atoms. The van der Waals surface area contributed by atoms with Gasteiger partial charge in [-0.15, -0.1) is 11.6 Å². The van der Waals surface area contributed by atoms with E-state index in [1.807, 2.05) is 0 Å². The van der Waals surface area contributed by atoms with Gasteiger partial charge in [-0.25, -0.2) is 15.0 Å². The first-order valence-electron chi connectivity index (χ1n) is 6.98. The summed E-state index contributed by atoms with van der Waals surface area (Å²) in [5.74, 6) is -0.543. The van der Waals surface area contributed by atoms with Crippen molar-refractivity contribution in [2.24, 2.45) is 0 Å². The lowest BCUT2D eigenvalue weighted by molar-refractivity contribution is 0.0956. The van der Waals surface area contributed by atoms with Crippen LogP contribution in [0, 0.1) is 0 Å². The average Bonchev–Trinajstić information content (AvgIpc) is 2.57. The summed E-state index contributed by atoms with van der Waals surface area (Å²) < 4.78 is -3.96. The van der Waals surface area contributed by atoms with Crippen molar-refractivity contribution in [1.29, 1.82) is 0 Å². The molecule has 0 saturated carbocycles. The maximum Gasteiger partial charge on any atom is 0.252 e. The zero-order chi connectivity index (χ0) is 20.4. The predicted octanol–water partition coefficient (Wildman–Crippen LogP) is 5.81. The Balaban J connectivity index is 2.51. The quantitative estimate of drug-likeness (QED) is 0.505. The van der Waals surface area contributed by atoms with Crippen LogP contribution in [0.25, 0.3) is 11.4 Å². The first kappa shape index (κ1) is 23.3. The van der Waals surface area contributed by atoms with E-state index < -0.39 is 7.59 Å². The standard InChI is InChI=1S/C14H8Cl8N4O/c15-3-4-23-10(27)7-2-1-6(5-8(7)16)9-24-11(13(17,18)19)26-12(25-9)14(20,21)22/h1-2,5H,3-4H2,(H,23,27). The molecule has 0 aliphatic heterocycles. The maximum absolute atomic E-state index is 12.0. The molecule has 0 saturated heterocycles. The summed E-state index contributed by atoms with van der Waals surface area (Å²) in [6.07, 6.45) is 0. The molecule has 0 aliphatic carbocycles. The molecule has 0 unspecified atom stereocenters. The Morgan fingerprint density at radius 2 is 1.52 bits per heavy atom. The van der Waals surface area contributed by atoms with Crippen molar-refractivity contribution in [1.82, 2.24) is 20.3 Å². The Kier molecular flexibility index (Phi) is 7.96. The van der Waals surface area contributed by atoms with Gasteiger partial charge >= 0.3 is 0 Å². The zero-order valence-electron chi connectivity index (χ0n) is 12.9. The van der Waals surface area contributed by atoms with E-state index in [9.17, 15) is 4.79 Å². The Morgan fingerprint density at radius 1 is 0.963 bits per heavy atom. The molecule has 2 rings (SSSR count). The summed E-state index contributed by atoms with van der Waals surface area (Å²) >= 11 is 46.8. The molecule has 1 N–H and O–H groups in total. The Bertz CT molecular complexity index is 818. The highest BCUT2D eigenvalue weighted by atomic mass is 35.6. The molecule has 2 aromatic rings. The second-order valence-corrected chi connectivity index (χ2v) is 10.3. The van der Waals surface area contributed by atoms with E-state index in [-0.39, 0.29) is 39.8 Å². The van der Waals surface area contributed by atoms with E-state index in [4.69, 9.17) is 92.8 Å². The van der Waals surface area contributed by atoms with E-state index in [0.717, 1.165) is 0 Å². The Labute approximate surface area is 194 Å². The molecule has 5 nitrogen and oxygen atoms in total. The number of hydrogen-bond acceptors (Lipinski definition) is 4. The summed E-state index contributed by atoms with van der Waals surface area (Å²) in [6, 6.07) is 4.48. The highest BCUT2D eigenvalue weighted by molar-refractivity contribution is 6.67. The molecule has 1 aromatic carbocycles. The van der Waals surface area contributed by atoms with Gasteiger partial charge in [-0.05, 0) is 12.1 Å². The number of nitrogens with zero attached hydrogens (tertiary/aromatic N) is 3. The predicted molar refractivity (Wildman–Crippen MR) is 112 cm³/mol. The molecule has 0 aliphatic rings. The van der Waals surface area contributed by atoms with Gasteiger partial charge in [0.2, 0.25) is 7.59 Å². The van der Waals surface area contributed by atoms with Crippen LogP contribution >= 0.6 is 92.8 Å². The van der Waals surface area contributed by atoms with Crippen molar-refractivity contribution in [3.05, 3.63) is 40.4 Å². The summed E-state index contributed by atoms with van der Waals surface area (Å²) in [4.78, 5) is 24.1. The van der Waals surface area contributed by atoms with Gasteiger partial charge in [-0.1, -0.05) is 87.3 Å². The molecule has 0 fully saturated rings. The Morgan fingerprint density at radius 3 is 1.96 bits per heavy atom. The third kappa shape index (κ3) is 6.25. The van der Waals surface area contributed by atoms with Crippen LogP contribution in [0.3, 0.4) is 0 Å². The minimum absolute atomic E-state index is 0.0438. The van der Waals surface area contributed by atoms with Crippen molar-refractivity contribution in [2.75, 3.05) is 12.4 Å². The van der Waals surface area contributed by atoms with Crippen molar-refractivity contribution in [3.8, 4) is 11.4 Å². The second-order valence-electron chi connectivity index (χ2n) is 4.94. The molecule has 27 heavy (non-hydrogen) atoms. The van der Waals surface area contributed by atoms with Gasteiger partial charge in [0.1, 0.15) is 0 Å². The normalized spacial score (nSPS) is 12.1. The lowest BCUT2D eigenvalue weighted by atomic mass is 10.1. The summed E-state index contributed by atoms with van der Waals surface area (Å²) in [7, 11) is 0. The molecule has 0 radical (unpaired) electrons. The van der Waals surface area contributed by atoms with E-state index >= 15 is 0 Å². The molecule has 146 valence electrons. The number of rotatable bonds is 4. The van der Waals surface area contributed by atoms with Crippen LogP contribution in [0.15, 0.2) is 18.2 Å². The number of nitrogens with one attached hydrogen (secondary N) is 1. The van der Waals surface area contributed by atoms with Gasteiger partial charge in [0.25, 0.3) is 5.91 Å². The van der Waals surface area contributed by atoms with Gasteiger partial charge < -0.3 is 5.32 Å². The Hall–Kier alpha value is 0.0200. The molecule has 1 aromatic heterocycles. The summed E-state index contributed by atoms with van der Waals surface area (Å²) in [6.45, 7) is 0.297. The first-order chi connectivity index (χ1) is 12.4. The fourth-order valence-electron chi connectivity index (χ4n) is 1.85. The highest BCUT2D eigenvalue weighted by Gasteiger charge is 2.34. The van der Waals surface area contributed by atoms with Crippen LogP contribution in [0.1, 0.15) is 22.0 Å². The van der Waals surface area contributed by atoms with Crippen molar-refractivity contribution < 1.29 is 4.79 Å². The monoisotopic (exact) mass is 528 g/mol. The number of amides is 1. The fraction of sp³-hybridized carbons (Fsp3) is 0.286. The number of carbonyl (C=O) groups is 1. The third-order valence-electron chi connectivity index (χ3n) is 2.99. The van der Waals surface area contributed by atoms with Gasteiger partial charge in [0.15, 0.2) is 17.5 Å². The zero-order valence-corrected chi connectivity index (χ0v) is 19.0. The molecule has 1 heterocycles. The van der Waals surface area contributed by atoms with Gasteiger partial charge in [0.05, 0.1) is 10.6 Å². The van der Waals surface area contributed by atoms with Gasteiger partial charge in [-0.2, -0.15) is 0 Å². The highest BCUT2D eigenvalue weighted by Crippen LogP contribution is 2.40. The number of aromatic nitrogens is 3. The average molecular weight is 532 g/mol. The van der Waals surface area contributed by atoms with Crippen LogP contribution in [-0.2, 0) is 7.59 Å². The van der Waals surface area contributed by atoms with E-state index in [1.165, 1.54) is 12.1 Å². The number of benzene rings is 1. The van der Waals surface area contributed by atoms with Crippen molar-refractivity contribution >= 4 is 98.7 Å². The van der Waals surface area contributed by atoms with Crippen LogP contribution in [0.4, 0.5) is 0 Å².